The van der Waals surface area contributed by atoms with E-state index < -0.39 is 6.09 Å². The Morgan fingerprint density at radius 2 is 2.36 bits per heavy atom. The molecular weight excluding hydrogens is 164 g/mol. The maximum absolute atomic E-state index is 10.4. The van der Waals surface area contributed by atoms with E-state index in [1.54, 1.807) is 0 Å². The number of rotatable bonds is 3. The average Bonchev–Trinajstić information content (AvgIpc) is 2.01. The van der Waals surface area contributed by atoms with Gasteiger partial charge in [-0.1, -0.05) is 12.1 Å². The molecule has 11 heavy (non-hydrogen) atoms. The molecule has 0 aromatic heterocycles. The Hall–Kier alpha value is -0.710. The van der Waals surface area contributed by atoms with Crippen molar-refractivity contribution in [3.05, 3.63) is 0 Å². The highest BCUT2D eigenvalue weighted by atomic mass is 32.1. The first-order valence-electron chi connectivity index (χ1n) is 3.35. The number of hydrogen-bond acceptors (Lipinski definition) is 3. The van der Waals surface area contributed by atoms with E-state index in [0.29, 0.717) is 5.04 Å². The third-order valence-corrected chi connectivity index (χ3v) is 1.22. The minimum atomic E-state index is -0.576. The summed E-state index contributed by atoms with van der Waals surface area (Å²) in [6.45, 7) is 1.99. The van der Waals surface area contributed by atoms with E-state index in [9.17, 15) is 4.79 Å². The van der Waals surface area contributed by atoms with Crippen LogP contribution in [0.4, 0.5) is 4.79 Å². The Balaban J connectivity index is 3.63. The number of carbonyl (C=O) groups excluding carboxylic acids is 1. The first-order valence-corrected chi connectivity index (χ1v) is 3.80. The van der Waals surface area contributed by atoms with Crippen molar-refractivity contribution in [2.75, 3.05) is 7.05 Å². The van der Waals surface area contributed by atoms with E-state index in [0.717, 1.165) is 12.8 Å². The fourth-order valence-corrected chi connectivity index (χ4v) is 0.673. The molecule has 5 heteroatoms. The maximum Gasteiger partial charge on any atom is 0.433 e. The molecule has 0 rings (SSSR count). The molecule has 0 fully saturated rings. The average molecular weight is 176 g/mol. The van der Waals surface area contributed by atoms with Crippen molar-refractivity contribution in [1.29, 1.82) is 0 Å². The Kier molecular flexibility index (Phi) is 5.64. The smallest absolute Gasteiger partial charge is 0.323 e. The zero-order valence-corrected chi connectivity index (χ0v) is 7.52. The van der Waals surface area contributed by atoms with Gasteiger partial charge >= 0.3 is 6.09 Å². The summed E-state index contributed by atoms with van der Waals surface area (Å²) in [6.07, 6.45) is 1.08. The van der Waals surface area contributed by atoms with Crippen LogP contribution in [0, 0.1) is 0 Å². The van der Waals surface area contributed by atoms with E-state index in [4.69, 9.17) is 0 Å². The van der Waals surface area contributed by atoms with Gasteiger partial charge in [-0.2, -0.15) is 0 Å². The van der Waals surface area contributed by atoms with E-state index >= 15 is 0 Å². The highest BCUT2D eigenvalue weighted by molar-refractivity contribution is 7.97. The number of oxime groups is 1. The van der Waals surface area contributed by atoms with Crippen LogP contribution in [0.3, 0.4) is 0 Å². The van der Waals surface area contributed by atoms with Crippen LogP contribution in [0.15, 0.2) is 5.16 Å². The zero-order chi connectivity index (χ0) is 8.69. The van der Waals surface area contributed by atoms with Crippen LogP contribution in [0.25, 0.3) is 0 Å². The Morgan fingerprint density at radius 3 is 2.82 bits per heavy atom. The standard InChI is InChI=1S/C6H12N2O2S/c1-3-4-5(11)8-10-6(9)7-2/h3-4H2,1-2H3,(H,7,9)(H,8,11). The van der Waals surface area contributed by atoms with E-state index in [1.807, 2.05) is 6.92 Å². The van der Waals surface area contributed by atoms with Crippen molar-refractivity contribution < 1.29 is 9.63 Å². The van der Waals surface area contributed by atoms with E-state index in [1.165, 1.54) is 7.05 Å². The maximum atomic E-state index is 10.4. The molecule has 0 aliphatic rings. The van der Waals surface area contributed by atoms with Crippen LogP contribution in [-0.4, -0.2) is 18.2 Å². The van der Waals surface area contributed by atoms with Crippen LogP contribution in [0.1, 0.15) is 19.8 Å². The second-order valence-corrected chi connectivity index (χ2v) is 2.40. The first-order chi connectivity index (χ1) is 5.20. The van der Waals surface area contributed by atoms with Gasteiger partial charge in [0.15, 0.2) is 0 Å². The summed E-state index contributed by atoms with van der Waals surface area (Å²) in [4.78, 5) is 14.8. The summed E-state index contributed by atoms with van der Waals surface area (Å²) < 4.78 is 0. The third-order valence-electron chi connectivity index (χ3n) is 0.912. The fraction of sp³-hybridized carbons (Fsp3) is 0.667. The summed E-state index contributed by atoms with van der Waals surface area (Å²) in [5.41, 5.74) is 0. The van der Waals surface area contributed by atoms with Crippen molar-refractivity contribution in [3.8, 4) is 0 Å². The number of carbonyl (C=O) groups is 1. The van der Waals surface area contributed by atoms with Gasteiger partial charge in [-0.15, -0.1) is 12.6 Å². The predicted molar refractivity (Wildman–Crippen MR) is 46.9 cm³/mol. The molecule has 0 unspecified atom stereocenters. The van der Waals surface area contributed by atoms with Crippen molar-refractivity contribution >= 4 is 23.8 Å². The van der Waals surface area contributed by atoms with Crippen molar-refractivity contribution in [2.24, 2.45) is 5.16 Å². The normalized spacial score (nSPS) is 11.0. The second-order valence-electron chi connectivity index (χ2n) is 1.89. The van der Waals surface area contributed by atoms with Crippen molar-refractivity contribution in [2.45, 2.75) is 19.8 Å². The molecule has 1 N–H and O–H groups in total. The molecule has 64 valence electrons. The minimum absolute atomic E-state index is 0.524. The minimum Gasteiger partial charge on any atom is -0.323 e. The number of nitrogens with zero attached hydrogens (tertiary/aromatic N) is 1. The Labute approximate surface area is 71.4 Å². The molecule has 0 aromatic carbocycles. The van der Waals surface area contributed by atoms with Gasteiger partial charge in [0, 0.05) is 7.05 Å². The molecule has 0 saturated carbocycles. The fourth-order valence-electron chi connectivity index (χ4n) is 0.409. The molecule has 0 saturated heterocycles. The molecule has 0 bridgehead atoms. The summed E-state index contributed by atoms with van der Waals surface area (Å²) in [7, 11) is 1.47. The number of hydrogen-bond donors (Lipinski definition) is 2. The molecular formula is C6H12N2O2S. The second kappa shape index (κ2) is 6.03. The molecule has 4 nitrogen and oxygen atoms in total. The highest BCUT2D eigenvalue weighted by Gasteiger charge is 1.96. The van der Waals surface area contributed by atoms with Crippen molar-refractivity contribution in [1.82, 2.24) is 5.32 Å². The van der Waals surface area contributed by atoms with Gasteiger partial charge in [-0.3, -0.25) is 4.84 Å². The molecule has 0 aliphatic heterocycles. The summed E-state index contributed by atoms with van der Waals surface area (Å²) in [5.74, 6) is 0. The lowest BCUT2D eigenvalue weighted by Gasteiger charge is -1.96. The topological polar surface area (TPSA) is 50.7 Å². The number of nitrogens with one attached hydrogen (secondary N) is 1. The van der Waals surface area contributed by atoms with Gasteiger partial charge in [-0.25, -0.2) is 4.79 Å². The van der Waals surface area contributed by atoms with Gasteiger partial charge in [0.1, 0.15) is 5.04 Å². The lowest BCUT2D eigenvalue weighted by Crippen LogP contribution is -2.17. The quantitative estimate of drug-likeness (QED) is 0.224. The first kappa shape index (κ1) is 10.3. The molecule has 0 aromatic rings. The van der Waals surface area contributed by atoms with Gasteiger partial charge in [0.2, 0.25) is 0 Å². The molecule has 1 amide bonds. The third kappa shape index (κ3) is 5.72. The summed E-state index contributed by atoms with van der Waals surface area (Å²) in [5, 5.41) is 6.24. The summed E-state index contributed by atoms with van der Waals surface area (Å²) >= 11 is 3.97. The number of amides is 1. The largest absolute Gasteiger partial charge is 0.433 e. The molecule has 0 heterocycles. The van der Waals surface area contributed by atoms with Gasteiger partial charge in [0.25, 0.3) is 0 Å². The van der Waals surface area contributed by atoms with Gasteiger partial charge in [0.05, 0.1) is 0 Å². The molecule has 0 aliphatic carbocycles. The lowest BCUT2D eigenvalue weighted by atomic mass is 10.4. The summed E-state index contributed by atoms with van der Waals surface area (Å²) in [6, 6.07) is 0. The zero-order valence-electron chi connectivity index (χ0n) is 6.63. The lowest BCUT2D eigenvalue weighted by molar-refractivity contribution is 0.153. The van der Waals surface area contributed by atoms with Crippen LogP contribution in [0.2, 0.25) is 0 Å². The molecule has 0 atom stereocenters. The SMILES string of the molecule is CCCC(S)=NOC(=O)NC. The van der Waals surface area contributed by atoms with Gasteiger partial charge < -0.3 is 5.32 Å². The van der Waals surface area contributed by atoms with Crippen molar-refractivity contribution in [3.63, 3.8) is 0 Å². The molecule has 0 radical (unpaired) electrons. The van der Waals surface area contributed by atoms with Crippen LogP contribution in [0.5, 0.6) is 0 Å². The molecule has 0 spiro atoms. The highest BCUT2D eigenvalue weighted by Crippen LogP contribution is 1.96. The van der Waals surface area contributed by atoms with Crippen LogP contribution >= 0.6 is 12.6 Å². The van der Waals surface area contributed by atoms with E-state index in [2.05, 4.69) is 27.9 Å². The predicted octanol–water partition coefficient (Wildman–Crippen LogP) is 1.39. The Morgan fingerprint density at radius 1 is 1.73 bits per heavy atom. The monoisotopic (exact) mass is 176 g/mol. The van der Waals surface area contributed by atoms with Crippen LogP contribution in [-0.2, 0) is 4.84 Å². The number of thiol groups is 1. The van der Waals surface area contributed by atoms with Crippen LogP contribution < -0.4 is 5.32 Å². The Bertz CT molecular complexity index is 159. The van der Waals surface area contributed by atoms with Gasteiger partial charge in [-0.05, 0) is 12.8 Å². The van der Waals surface area contributed by atoms with E-state index in [-0.39, 0.29) is 0 Å².